The van der Waals surface area contributed by atoms with E-state index in [1.807, 2.05) is 17.8 Å². The van der Waals surface area contributed by atoms with E-state index in [-0.39, 0.29) is 17.2 Å². The summed E-state index contributed by atoms with van der Waals surface area (Å²) in [6.45, 7) is 3.47. The zero-order chi connectivity index (χ0) is 27.1. The van der Waals surface area contributed by atoms with Crippen LogP contribution in [0, 0.1) is 11.8 Å². The Bertz CT molecular complexity index is 1670. The average Bonchev–Trinajstić information content (AvgIpc) is 3.49. The molecule has 0 saturated carbocycles. The summed E-state index contributed by atoms with van der Waals surface area (Å²) < 4.78 is 30.6. The van der Waals surface area contributed by atoms with Crippen LogP contribution < -0.4 is 10.2 Å². The average molecular weight is 530 g/mol. The van der Waals surface area contributed by atoms with E-state index >= 15 is 0 Å². The normalized spacial score (nSPS) is 14.2. The van der Waals surface area contributed by atoms with Gasteiger partial charge in [-0.3, -0.25) is 9.48 Å². The highest BCUT2D eigenvalue weighted by molar-refractivity contribution is 6.03. The Labute approximate surface area is 222 Å². The Morgan fingerprint density at radius 2 is 1.72 bits per heavy atom. The Hall–Kier alpha value is -4.71. The summed E-state index contributed by atoms with van der Waals surface area (Å²) in [6.07, 6.45) is 2.82. The number of carbonyl (C=O) groups is 1. The predicted octanol–water partition coefficient (Wildman–Crippen LogP) is 3.47. The van der Waals surface area contributed by atoms with Gasteiger partial charge in [0, 0.05) is 56.6 Å². The molecule has 0 atom stereocenters. The number of pyridine rings is 1. The molecule has 1 fully saturated rings. The summed E-state index contributed by atoms with van der Waals surface area (Å²) in [7, 11) is 4.00. The lowest BCUT2D eigenvalue weighted by molar-refractivity contribution is 0.102. The smallest absolute Gasteiger partial charge is 0.257 e. The van der Waals surface area contributed by atoms with Gasteiger partial charge in [0.2, 0.25) is 5.95 Å². The monoisotopic (exact) mass is 529 g/mol. The first-order valence-electron chi connectivity index (χ1n) is 12.4. The molecule has 1 aromatic carbocycles. The fourth-order valence-corrected chi connectivity index (χ4v) is 4.75. The highest BCUT2D eigenvalue weighted by Gasteiger charge is 2.27. The van der Waals surface area contributed by atoms with Crippen LogP contribution in [0.2, 0.25) is 0 Å². The molecule has 0 spiro atoms. The number of piperazine rings is 1. The van der Waals surface area contributed by atoms with Gasteiger partial charge in [0.1, 0.15) is 17.3 Å². The lowest BCUT2D eigenvalue weighted by atomic mass is 10.0. The van der Waals surface area contributed by atoms with Crippen LogP contribution in [0.4, 0.5) is 20.4 Å². The Morgan fingerprint density at radius 3 is 2.46 bits per heavy atom. The van der Waals surface area contributed by atoms with Gasteiger partial charge in [-0.25, -0.2) is 18.9 Å². The molecule has 1 N–H and O–H groups in total. The molecule has 0 aliphatic carbocycles. The number of nitrogens with zero attached hydrogens (tertiary/aromatic N) is 8. The summed E-state index contributed by atoms with van der Waals surface area (Å²) in [6, 6.07) is 12.4. The first kappa shape index (κ1) is 24.6. The second kappa shape index (κ2) is 9.87. The van der Waals surface area contributed by atoms with Crippen molar-refractivity contribution in [3.63, 3.8) is 0 Å². The zero-order valence-electron chi connectivity index (χ0n) is 21.3. The minimum atomic E-state index is -0.742. The van der Waals surface area contributed by atoms with Gasteiger partial charge in [0.05, 0.1) is 17.5 Å². The number of hydrogen-bond acceptors (Lipinski definition) is 7. The summed E-state index contributed by atoms with van der Waals surface area (Å²) in [4.78, 5) is 25.1. The van der Waals surface area contributed by atoms with Crippen molar-refractivity contribution in [2.75, 3.05) is 43.4 Å². The van der Waals surface area contributed by atoms with Crippen molar-refractivity contribution in [1.82, 2.24) is 34.3 Å². The third-order valence-corrected chi connectivity index (χ3v) is 6.74. The molecule has 5 heterocycles. The molecule has 10 nitrogen and oxygen atoms in total. The lowest BCUT2D eigenvalue weighted by Crippen LogP contribution is -2.45. The van der Waals surface area contributed by atoms with Gasteiger partial charge in [-0.2, -0.15) is 14.6 Å². The molecule has 1 saturated heterocycles. The number of halogens is 2. The van der Waals surface area contributed by atoms with E-state index in [2.05, 4.69) is 32.1 Å². The highest BCUT2D eigenvalue weighted by Crippen LogP contribution is 2.39. The minimum Gasteiger partial charge on any atom is -0.354 e. The minimum absolute atomic E-state index is 0.129. The molecule has 0 unspecified atom stereocenters. The molecule has 198 valence electrons. The molecular weight excluding hydrogens is 504 g/mol. The van der Waals surface area contributed by atoms with Crippen LogP contribution >= 0.6 is 0 Å². The summed E-state index contributed by atoms with van der Waals surface area (Å²) in [5.74, 6) is -0.386. The van der Waals surface area contributed by atoms with Crippen LogP contribution in [0.3, 0.4) is 0 Å². The molecule has 1 aliphatic rings. The summed E-state index contributed by atoms with van der Waals surface area (Å²) in [5.41, 5.74) is 3.57. The second-order valence-electron chi connectivity index (χ2n) is 9.44. The van der Waals surface area contributed by atoms with E-state index in [0.29, 0.717) is 17.0 Å². The molecule has 0 radical (unpaired) electrons. The largest absolute Gasteiger partial charge is 0.354 e. The second-order valence-corrected chi connectivity index (χ2v) is 9.44. The van der Waals surface area contributed by atoms with Gasteiger partial charge in [-0.15, -0.1) is 0 Å². The summed E-state index contributed by atoms with van der Waals surface area (Å²) >= 11 is 0. The number of fused-ring (bicyclic) bond motifs is 1. The standard InChI is InChI=1S/C27H25F2N9O/c1-35-11-13-37(14-12-35)27-24(25(34-36(27)2)17-3-5-19(28)6-4-17)20-7-8-23-31-22(16-38(23)33-20)32-26(39)18-9-10-30-21(29)15-18/h3-10,15-16H,11-14H2,1-2H3,(H,32,39). The molecule has 0 bridgehead atoms. The van der Waals surface area contributed by atoms with Crippen LogP contribution in [-0.4, -0.2) is 73.4 Å². The number of aromatic nitrogens is 6. The van der Waals surface area contributed by atoms with E-state index < -0.39 is 11.9 Å². The first-order valence-corrected chi connectivity index (χ1v) is 12.4. The van der Waals surface area contributed by atoms with Gasteiger partial charge >= 0.3 is 0 Å². The van der Waals surface area contributed by atoms with E-state index in [1.165, 1.54) is 24.4 Å². The van der Waals surface area contributed by atoms with Crippen molar-refractivity contribution < 1.29 is 13.6 Å². The topological polar surface area (TPSA) is 96.5 Å². The SMILES string of the molecule is CN1CCN(c2c(-c3ccc4nc(NC(=O)c5ccnc(F)c5)cn4n3)c(-c3ccc(F)cc3)nn2C)CC1. The van der Waals surface area contributed by atoms with E-state index in [4.69, 9.17) is 10.2 Å². The van der Waals surface area contributed by atoms with Crippen LogP contribution in [0.1, 0.15) is 10.4 Å². The van der Waals surface area contributed by atoms with Crippen LogP contribution in [0.5, 0.6) is 0 Å². The fraction of sp³-hybridized carbons (Fsp3) is 0.222. The molecule has 1 amide bonds. The van der Waals surface area contributed by atoms with Crippen molar-refractivity contribution in [2.24, 2.45) is 7.05 Å². The van der Waals surface area contributed by atoms with Crippen molar-refractivity contribution in [3.05, 3.63) is 78.3 Å². The van der Waals surface area contributed by atoms with Gasteiger partial charge < -0.3 is 15.1 Å². The number of hydrogen-bond donors (Lipinski definition) is 1. The molecular formula is C27H25F2N9O. The Morgan fingerprint density at radius 1 is 0.949 bits per heavy atom. The number of rotatable bonds is 5. The van der Waals surface area contributed by atoms with Crippen LogP contribution in [-0.2, 0) is 7.05 Å². The first-order chi connectivity index (χ1) is 18.9. The Kier molecular flexibility index (Phi) is 6.23. The molecule has 1 aliphatic heterocycles. The number of imidazole rings is 1. The molecule has 5 aromatic rings. The van der Waals surface area contributed by atoms with E-state index in [9.17, 15) is 13.6 Å². The third kappa shape index (κ3) is 4.81. The fourth-order valence-electron chi connectivity index (χ4n) is 4.75. The molecule has 4 aromatic heterocycles. The van der Waals surface area contributed by atoms with Crippen molar-refractivity contribution in [3.8, 4) is 22.5 Å². The number of anilines is 2. The predicted molar refractivity (Wildman–Crippen MR) is 142 cm³/mol. The maximum absolute atomic E-state index is 13.7. The number of amides is 1. The Balaban J connectivity index is 1.41. The molecule has 12 heteroatoms. The maximum atomic E-state index is 13.7. The zero-order valence-corrected chi connectivity index (χ0v) is 21.3. The lowest BCUT2D eigenvalue weighted by Gasteiger charge is -2.34. The number of benzene rings is 1. The van der Waals surface area contributed by atoms with Gasteiger partial charge in [-0.05, 0) is 49.5 Å². The van der Waals surface area contributed by atoms with Crippen LogP contribution in [0.15, 0.2) is 60.9 Å². The quantitative estimate of drug-likeness (QED) is 0.348. The van der Waals surface area contributed by atoms with Crippen molar-refractivity contribution in [2.45, 2.75) is 0 Å². The number of nitrogens with one attached hydrogen (secondary N) is 1. The van der Waals surface area contributed by atoms with Crippen molar-refractivity contribution in [1.29, 1.82) is 0 Å². The molecule has 39 heavy (non-hydrogen) atoms. The number of likely N-dealkylation sites (N-methyl/N-ethyl adjacent to an activating group) is 1. The highest BCUT2D eigenvalue weighted by atomic mass is 19.1. The van der Waals surface area contributed by atoms with Crippen LogP contribution in [0.25, 0.3) is 28.2 Å². The van der Waals surface area contributed by atoms with E-state index in [0.717, 1.165) is 49.2 Å². The summed E-state index contributed by atoms with van der Waals surface area (Å²) in [5, 5.41) is 12.3. The van der Waals surface area contributed by atoms with Gasteiger partial charge in [0.15, 0.2) is 11.5 Å². The molecule has 6 rings (SSSR count). The van der Waals surface area contributed by atoms with Gasteiger partial charge in [0.25, 0.3) is 5.91 Å². The number of aryl methyl sites for hydroxylation is 1. The van der Waals surface area contributed by atoms with Crippen molar-refractivity contribution >= 4 is 23.2 Å². The van der Waals surface area contributed by atoms with E-state index in [1.54, 1.807) is 28.9 Å². The van der Waals surface area contributed by atoms with Gasteiger partial charge in [-0.1, -0.05) is 0 Å². The third-order valence-electron chi connectivity index (χ3n) is 6.74. The number of carbonyl (C=O) groups excluding carboxylic acids is 1. The maximum Gasteiger partial charge on any atom is 0.257 e.